The van der Waals surface area contributed by atoms with Gasteiger partial charge < -0.3 is 10.6 Å². The van der Waals surface area contributed by atoms with Crippen LogP contribution in [0.2, 0.25) is 5.02 Å². The number of hydrogen-bond acceptors (Lipinski definition) is 3. The van der Waals surface area contributed by atoms with Crippen molar-refractivity contribution in [1.29, 1.82) is 0 Å². The van der Waals surface area contributed by atoms with Gasteiger partial charge in [0.1, 0.15) is 5.82 Å². The molecule has 3 nitrogen and oxygen atoms in total. The maximum absolute atomic E-state index is 6.23. The van der Waals surface area contributed by atoms with Crippen molar-refractivity contribution < 1.29 is 0 Å². The smallest absolute Gasteiger partial charge is 0.147 e. The van der Waals surface area contributed by atoms with Crippen LogP contribution in [0, 0.1) is 0 Å². The second-order valence-electron chi connectivity index (χ2n) is 3.39. The Kier molecular flexibility index (Phi) is 4.85. The van der Waals surface area contributed by atoms with E-state index in [2.05, 4.69) is 23.7 Å². The zero-order valence-electron chi connectivity index (χ0n) is 9.33. The Morgan fingerprint density at radius 3 is 2.73 bits per heavy atom. The van der Waals surface area contributed by atoms with Crippen LogP contribution in [-0.2, 0) is 6.54 Å². The first-order valence-electron chi connectivity index (χ1n) is 5.32. The zero-order valence-corrected chi connectivity index (χ0v) is 10.1. The van der Waals surface area contributed by atoms with E-state index in [4.69, 9.17) is 17.3 Å². The van der Waals surface area contributed by atoms with Crippen molar-refractivity contribution in [1.82, 2.24) is 4.98 Å². The van der Waals surface area contributed by atoms with Crippen molar-refractivity contribution in [2.45, 2.75) is 26.8 Å². The predicted molar refractivity (Wildman–Crippen MR) is 65.3 cm³/mol. The monoisotopic (exact) mass is 227 g/mol. The zero-order chi connectivity index (χ0) is 11.3. The van der Waals surface area contributed by atoms with Gasteiger partial charge in [0, 0.05) is 25.8 Å². The van der Waals surface area contributed by atoms with Gasteiger partial charge >= 0.3 is 0 Å². The van der Waals surface area contributed by atoms with Gasteiger partial charge in [-0.05, 0) is 25.0 Å². The molecule has 1 aromatic heterocycles. The molecule has 0 aliphatic carbocycles. The highest BCUT2D eigenvalue weighted by atomic mass is 35.5. The third-order valence-electron chi connectivity index (χ3n) is 2.35. The van der Waals surface area contributed by atoms with Crippen molar-refractivity contribution in [3.05, 3.63) is 22.8 Å². The van der Waals surface area contributed by atoms with E-state index in [0.29, 0.717) is 11.6 Å². The fourth-order valence-electron chi connectivity index (χ4n) is 1.53. The van der Waals surface area contributed by atoms with E-state index < -0.39 is 0 Å². The highest BCUT2D eigenvalue weighted by molar-refractivity contribution is 6.33. The van der Waals surface area contributed by atoms with Crippen molar-refractivity contribution in [3.63, 3.8) is 0 Å². The molecule has 0 unspecified atom stereocenters. The molecule has 0 saturated carbocycles. The Morgan fingerprint density at radius 1 is 1.47 bits per heavy atom. The third kappa shape index (κ3) is 2.83. The summed E-state index contributed by atoms with van der Waals surface area (Å²) in [6, 6.07) is 1.87. The van der Waals surface area contributed by atoms with Crippen LogP contribution in [-0.4, -0.2) is 18.1 Å². The van der Waals surface area contributed by atoms with Crippen LogP contribution in [0.1, 0.15) is 25.8 Å². The first kappa shape index (κ1) is 12.3. The molecule has 4 heteroatoms. The average molecular weight is 228 g/mol. The Hall–Kier alpha value is -0.800. The molecule has 0 amide bonds. The summed E-state index contributed by atoms with van der Waals surface area (Å²) in [5, 5.41) is 0.690. The molecule has 0 radical (unpaired) electrons. The molecule has 1 aromatic rings. The summed E-state index contributed by atoms with van der Waals surface area (Å²) in [7, 11) is 0. The fourth-order valence-corrected chi connectivity index (χ4v) is 1.84. The number of aromatic nitrogens is 1. The Balaban J connectivity index is 3.01. The van der Waals surface area contributed by atoms with Crippen molar-refractivity contribution in [2.75, 3.05) is 18.0 Å². The molecule has 2 N–H and O–H groups in total. The summed E-state index contributed by atoms with van der Waals surface area (Å²) in [5.41, 5.74) is 6.56. The number of anilines is 1. The van der Waals surface area contributed by atoms with E-state index in [1.165, 1.54) is 0 Å². The van der Waals surface area contributed by atoms with Crippen molar-refractivity contribution in [3.8, 4) is 0 Å². The molecule has 0 spiro atoms. The van der Waals surface area contributed by atoms with Gasteiger partial charge in [-0.25, -0.2) is 4.98 Å². The van der Waals surface area contributed by atoms with Gasteiger partial charge in [0.25, 0.3) is 0 Å². The van der Waals surface area contributed by atoms with Gasteiger partial charge in [-0.3, -0.25) is 0 Å². The molecule has 0 bridgehead atoms. The van der Waals surface area contributed by atoms with Crippen LogP contribution < -0.4 is 10.6 Å². The number of rotatable bonds is 5. The highest BCUT2D eigenvalue weighted by Gasteiger charge is 2.11. The number of halogens is 1. The minimum absolute atomic E-state index is 0.456. The highest BCUT2D eigenvalue weighted by Crippen LogP contribution is 2.26. The molecular weight excluding hydrogens is 210 g/mol. The van der Waals surface area contributed by atoms with Crippen molar-refractivity contribution in [2.24, 2.45) is 5.73 Å². The van der Waals surface area contributed by atoms with Crippen LogP contribution in [0.25, 0.3) is 0 Å². The van der Waals surface area contributed by atoms with E-state index >= 15 is 0 Å². The molecule has 0 fully saturated rings. The van der Waals surface area contributed by atoms with Gasteiger partial charge in [0.15, 0.2) is 0 Å². The van der Waals surface area contributed by atoms with Gasteiger partial charge in [-0.15, -0.1) is 0 Å². The standard InChI is InChI=1S/C11H18ClN3/c1-3-7-15(4-2)11-10(12)9(8-13)5-6-14-11/h5-6H,3-4,7-8,13H2,1-2H3. The molecule has 0 saturated heterocycles. The number of pyridine rings is 1. The Labute approximate surface area is 96.2 Å². The predicted octanol–water partition coefficient (Wildman–Crippen LogP) is 2.43. The number of nitrogens with zero attached hydrogens (tertiary/aromatic N) is 2. The molecule has 0 atom stereocenters. The van der Waals surface area contributed by atoms with Crippen LogP contribution >= 0.6 is 11.6 Å². The van der Waals surface area contributed by atoms with Crippen LogP contribution in [0.5, 0.6) is 0 Å². The molecule has 0 aromatic carbocycles. The quantitative estimate of drug-likeness (QED) is 0.840. The lowest BCUT2D eigenvalue weighted by atomic mass is 10.2. The Morgan fingerprint density at radius 2 is 2.20 bits per heavy atom. The van der Waals surface area contributed by atoms with E-state index in [0.717, 1.165) is 30.9 Å². The van der Waals surface area contributed by atoms with E-state index in [1.54, 1.807) is 6.20 Å². The first-order valence-corrected chi connectivity index (χ1v) is 5.70. The van der Waals surface area contributed by atoms with Gasteiger partial charge in [0.05, 0.1) is 5.02 Å². The lowest BCUT2D eigenvalue weighted by Crippen LogP contribution is -2.25. The summed E-state index contributed by atoms with van der Waals surface area (Å²) in [6.45, 7) is 6.58. The minimum Gasteiger partial charge on any atom is -0.356 e. The lowest BCUT2D eigenvalue weighted by Gasteiger charge is -2.22. The normalized spacial score (nSPS) is 10.4. The van der Waals surface area contributed by atoms with E-state index in [1.807, 2.05) is 6.07 Å². The Bertz CT molecular complexity index is 315. The van der Waals surface area contributed by atoms with E-state index in [-0.39, 0.29) is 0 Å². The van der Waals surface area contributed by atoms with Gasteiger partial charge in [-0.1, -0.05) is 18.5 Å². The molecule has 0 aliphatic heterocycles. The minimum atomic E-state index is 0.456. The molecule has 15 heavy (non-hydrogen) atoms. The summed E-state index contributed by atoms with van der Waals surface area (Å²) in [6.07, 6.45) is 2.85. The fraction of sp³-hybridized carbons (Fsp3) is 0.545. The second-order valence-corrected chi connectivity index (χ2v) is 3.77. The molecular formula is C11H18ClN3. The average Bonchev–Trinajstić information content (AvgIpc) is 2.27. The maximum Gasteiger partial charge on any atom is 0.147 e. The first-order chi connectivity index (χ1) is 7.24. The van der Waals surface area contributed by atoms with Crippen LogP contribution in [0.15, 0.2) is 12.3 Å². The topological polar surface area (TPSA) is 42.2 Å². The number of hydrogen-bond donors (Lipinski definition) is 1. The van der Waals surface area contributed by atoms with Crippen LogP contribution in [0.4, 0.5) is 5.82 Å². The summed E-state index contributed by atoms with van der Waals surface area (Å²) < 4.78 is 0. The molecule has 1 heterocycles. The maximum atomic E-state index is 6.23. The molecule has 84 valence electrons. The SMILES string of the molecule is CCCN(CC)c1nccc(CN)c1Cl. The summed E-state index contributed by atoms with van der Waals surface area (Å²) in [5.74, 6) is 0.851. The van der Waals surface area contributed by atoms with Gasteiger partial charge in [0.2, 0.25) is 0 Å². The lowest BCUT2D eigenvalue weighted by molar-refractivity contribution is 0.777. The number of nitrogens with two attached hydrogens (primary N) is 1. The second kappa shape index (κ2) is 5.93. The van der Waals surface area contributed by atoms with Gasteiger partial charge in [-0.2, -0.15) is 0 Å². The van der Waals surface area contributed by atoms with Crippen molar-refractivity contribution >= 4 is 17.4 Å². The van der Waals surface area contributed by atoms with Crippen LogP contribution in [0.3, 0.4) is 0 Å². The molecule has 0 aliphatic rings. The third-order valence-corrected chi connectivity index (χ3v) is 2.76. The van der Waals surface area contributed by atoms with E-state index in [9.17, 15) is 0 Å². The largest absolute Gasteiger partial charge is 0.356 e. The summed E-state index contributed by atoms with van der Waals surface area (Å²) >= 11 is 6.23. The summed E-state index contributed by atoms with van der Waals surface area (Å²) in [4.78, 5) is 6.48. The molecule has 1 rings (SSSR count).